The van der Waals surface area contributed by atoms with Gasteiger partial charge in [0, 0.05) is 19.6 Å². The van der Waals surface area contributed by atoms with Crippen LogP contribution < -0.4 is 5.73 Å². The molecule has 2 heterocycles. The highest BCUT2D eigenvalue weighted by molar-refractivity contribution is 5.85. The van der Waals surface area contributed by atoms with Crippen molar-refractivity contribution in [3.8, 4) is 0 Å². The smallest absolute Gasteiger partial charge is 0.239 e. The Morgan fingerprint density at radius 3 is 2.10 bits per heavy atom. The van der Waals surface area contributed by atoms with Crippen molar-refractivity contribution in [3.05, 3.63) is 0 Å². The van der Waals surface area contributed by atoms with E-state index in [1.807, 2.05) is 18.7 Å². The van der Waals surface area contributed by atoms with Crippen molar-refractivity contribution in [1.29, 1.82) is 0 Å². The quantitative estimate of drug-likeness (QED) is 0.853. The van der Waals surface area contributed by atoms with Gasteiger partial charge in [-0.2, -0.15) is 0 Å². The molecule has 2 N–H and O–H groups in total. The number of piperidine rings is 1. The molecule has 2 saturated heterocycles. The number of nitrogens with zero attached hydrogens (tertiary/aromatic N) is 2. The molecule has 4 nitrogen and oxygen atoms in total. The van der Waals surface area contributed by atoms with Crippen LogP contribution in [0.4, 0.5) is 0 Å². The maximum Gasteiger partial charge on any atom is 0.239 e. The maximum atomic E-state index is 12.2. The fraction of sp³-hybridized carbons (Fsp3) is 0.933. The summed E-state index contributed by atoms with van der Waals surface area (Å²) in [5.74, 6) is 1.15. The Morgan fingerprint density at radius 2 is 1.62 bits per heavy atom. The van der Waals surface area contributed by atoms with Gasteiger partial charge in [0.25, 0.3) is 0 Å². The Labute approximate surface area is 141 Å². The van der Waals surface area contributed by atoms with E-state index in [-0.39, 0.29) is 42.7 Å². The Hall–Kier alpha value is -0.0300. The van der Waals surface area contributed by atoms with Crippen LogP contribution in [-0.2, 0) is 4.79 Å². The predicted molar refractivity (Wildman–Crippen MR) is 92.3 cm³/mol. The van der Waals surface area contributed by atoms with Gasteiger partial charge >= 0.3 is 0 Å². The van der Waals surface area contributed by atoms with Crippen molar-refractivity contribution in [2.24, 2.45) is 17.6 Å². The molecular weight excluding hydrogens is 309 g/mol. The topological polar surface area (TPSA) is 49.6 Å². The molecule has 0 aliphatic carbocycles. The second kappa shape index (κ2) is 9.88. The minimum Gasteiger partial charge on any atom is -0.341 e. The number of hydrogen-bond acceptors (Lipinski definition) is 3. The van der Waals surface area contributed by atoms with E-state index >= 15 is 0 Å². The lowest BCUT2D eigenvalue weighted by atomic mass is 9.95. The van der Waals surface area contributed by atoms with Crippen LogP contribution in [0.5, 0.6) is 0 Å². The lowest BCUT2D eigenvalue weighted by molar-refractivity contribution is -0.135. The Morgan fingerprint density at radius 1 is 1.10 bits per heavy atom. The second-order valence-electron chi connectivity index (χ2n) is 6.55. The van der Waals surface area contributed by atoms with Gasteiger partial charge in [-0.1, -0.05) is 13.8 Å². The summed E-state index contributed by atoms with van der Waals surface area (Å²) in [6.45, 7) is 9.62. The minimum absolute atomic E-state index is 0. The summed E-state index contributed by atoms with van der Waals surface area (Å²) in [6.07, 6.45) is 5.02. The van der Waals surface area contributed by atoms with E-state index in [2.05, 4.69) is 4.90 Å². The molecule has 126 valence electrons. The molecule has 6 heteroatoms. The third kappa shape index (κ3) is 5.93. The van der Waals surface area contributed by atoms with Crippen LogP contribution in [0.1, 0.15) is 39.5 Å². The zero-order valence-electron chi connectivity index (χ0n) is 13.3. The van der Waals surface area contributed by atoms with Crippen molar-refractivity contribution in [2.75, 3.05) is 32.7 Å². The number of hydrogen-bond donors (Lipinski definition) is 1. The van der Waals surface area contributed by atoms with Crippen molar-refractivity contribution in [1.82, 2.24) is 9.80 Å². The molecule has 0 saturated carbocycles. The summed E-state index contributed by atoms with van der Waals surface area (Å²) in [4.78, 5) is 16.7. The van der Waals surface area contributed by atoms with Crippen LogP contribution in [0.25, 0.3) is 0 Å². The second-order valence-corrected chi connectivity index (χ2v) is 6.55. The molecule has 2 fully saturated rings. The molecule has 0 bridgehead atoms. The van der Waals surface area contributed by atoms with E-state index in [0.29, 0.717) is 0 Å². The maximum absolute atomic E-state index is 12.2. The highest BCUT2D eigenvalue weighted by Crippen LogP contribution is 2.21. The van der Waals surface area contributed by atoms with Gasteiger partial charge in [-0.3, -0.25) is 4.79 Å². The SMILES string of the molecule is CC(C)[C@@H](N)C(=O)N1CCC(CN2CCCC2)CC1.Cl.Cl. The number of amides is 1. The van der Waals surface area contributed by atoms with Crippen molar-refractivity contribution >= 4 is 30.7 Å². The Balaban J connectivity index is 0.00000200. The lowest BCUT2D eigenvalue weighted by Crippen LogP contribution is -2.50. The van der Waals surface area contributed by atoms with Gasteiger partial charge in [0.15, 0.2) is 0 Å². The molecule has 0 spiro atoms. The molecule has 2 rings (SSSR count). The molecular formula is C15H31Cl2N3O. The standard InChI is InChI=1S/C15H29N3O.2ClH/c1-12(2)14(16)15(19)18-9-5-13(6-10-18)11-17-7-3-4-8-17;;/h12-14H,3-11,16H2,1-2H3;2*1H/t14-;;/m1../s1. The van der Waals surface area contributed by atoms with Gasteiger partial charge in [0.1, 0.15) is 0 Å². The fourth-order valence-corrected chi connectivity index (χ4v) is 3.16. The number of halogens is 2. The largest absolute Gasteiger partial charge is 0.341 e. The summed E-state index contributed by atoms with van der Waals surface area (Å²) in [5, 5.41) is 0. The van der Waals surface area contributed by atoms with E-state index < -0.39 is 0 Å². The number of carbonyl (C=O) groups excluding carboxylic acids is 1. The van der Waals surface area contributed by atoms with Crippen LogP contribution in [-0.4, -0.2) is 54.5 Å². The molecule has 0 aromatic rings. The van der Waals surface area contributed by atoms with Crippen LogP contribution >= 0.6 is 24.8 Å². The monoisotopic (exact) mass is 339 g/mol. The van der Waals surface area contributed by atoms with Gasteiger partial charge < -0.3 is 15.5 Å². The summed E-state index contributed by atoms with van der Waals surface area (Å²) in [6, 6.07) is -0.324. The van der Waals surface area contributed by atoms with Gasteiger partial charge in [0.05, 0.1) is 6.04 Å². The molecule has 2 aliphatic rings. The predicted octanol–water partition coefficient (Wildman–Crippen LogP) is 2.15. The highest BCUT2D eigenvalue weighted by Gasteiger charge is 2.28. The Bertz CT molecular complexity index is 301. The van der Waals surface area contributed by atoms with Crippen LogP contribution in [0.15, 0.2) is 0 Å². The van der Waals surface area contributed by atoms with Gasteiger partial charge in [-0.15, -0.1) is 24.8 Å². The average molecular weight is 340 g/mol. The first kappa shape index (κ1) is 21.0. The number of rotatable bonds is 4. The van der Waals surface area contributed by atoms with Crippen molar-refractivity contribution in [3.63, 3.8) is 0 Å². The molecule has 21 heavy (non-hydrogen) atoms. The first-order valence-corrected chi connectivity index (χ1v) is 7.84. The van der Waals surface area contributed by atoms with E-state index in [1.54, 1.807) is 0 Å². The first-order chi connectivity index (χ1) is 9.08. The first-order valence-electron chi connectivity index (χ1n) is 7.84. The number of nitrogens with two attached hydrogens (primary N) is 1. The molecule has 1 atom stereocenters. The van der Waals surface area contributed by atoms with E-state index in [4.69, 9.17) is 5.73 Å². The van der Waals surface area contributed by atoms with E-state index in [0.717, 1.165) is 31.8 Å². The Kier molecular flexibility index (Phi) is 9.87. The third-order valence-corrected chi connectivity index (χ3v) is 4.64. The minimum atomic E-state index is -0.324. The van der Waals surface area contributed by atoms with Crippen molar-refractivity contribution < 1.29 is 4.79 Å². The van der Waals surface area contributed by atoms with Crippen molar-refractivity contribution in [2.45, 2.75) is 45.6 Å². The van der Waals surface area contributed by atoms with Gasteiger partial charge in [-0.05, 0) is 50.6 Å². The molecule has 0 aromatic heterocycles. The molecule has 2 aliphatic heterocycles. The summed E-state index contributed by atoms with van der Waals surface area (Å²) < 4.78 is 0. The zero-order valence-corrected chi connectivity index (χ0v) is 14.9. The normalized spacial score (nSPS) is 21.8. The van der Waals surface area contributed by atoms with E-state index in [9.17, 15) is 4.79 Å². The van der Waals surface area contributed by atoms with Crippen LogP contribution in [0.2, 0.25) is 0 Å². The molecule has 1 amide bonds. The summed E-state index contributed by atoms with van der Waals surface area (Å²) in [7, 11) is 0. The van der Waals surface area contributed by atoms with Crippen LogP contribution in [0, 0.1) is 11.8 Å². The average Bonchev–Trinajstić information content (AvgIpc) is 2.90. The summed E-state index contributed by atoms with van der Waals surface area (Å²) in [5.41, 5.74) is 5.96. The fourth-order valence-electron chi connectivity index (χ4n) is 3.16. The van der Waals surface area contributed by atoms with Crippen LogP contribution in [0.3, 0.4) is 0 Å². The zero-order chi connectivity index (χ0) is 13.8. The molecule has 0 radical (unpaired) electrons. The highest BCUT2D eigenvalue weighted by atomic mass is 35.5. The molecule has 0 aromatic carbocycles. The van der Waals surface area contributed by atoms with Gasteiger partial charge in [0.2, 0.25) is 5.91 Å². The third-order valence-electron chi connectivity index (χ3n) is 4.64. The number of likely N-dealkylation sites (tertiary alicyclic amines) is 2. The molecule has 0 unspecified atom stereocenters. The van der Waals surface area contributed by atoms with E-state index in [1.165, 1.54) is 32.5 Å². The number of carbonyl (C=O) groups is 1. The summed E-state index contributed by atoms with van der Waals surface area (Å²) >= 11 is 0. The van der Waals surface area contributed by atoms with Gasteiger partial charge in [-0.25, -0.2) is 0 Å². The lowest BCUT2D eigenvalue weighted by Gasteiger charge is -2.35.